The average molecular weight is 411 g/mol. The largest absolute Gasteiger partial charge is 0.356 e. The standard InChI is InChI=1S/C20H18FN5O2S/c21-15-6-4-14(5-7-15)17-12-25-16(13-29-20(25)24-17)11-18(27)22-8-2-10-26-19(28)3-1-9-23-26/h1,3-7,9,12-13H,2,8,10-11H2,(H,22,27). The molecule has 7 nitrogen and oxygen atoms in total. The molecule has 4 aromatic rings. The molecule has 3 aromatic heterocycles. The van der Waals surface area contributed by atoms with Crippen molar-refractivity contribution < 1.29 is 9.18 Å². The Balaban J connectivity index is 1.35. The number of hydrogen-bond donors (Lipinski definition) is 1. The summed E-state index contributed by atoms with van der Waals surface area (Å²) in [6.45, 7) is 0.908. The lowest BCUT2D eigenvalue weighted by molar-refractivity contribution is -0.120. The Morgan fingerprint density at radius 3 is 2.83 bits per heavy atom. The Hall–Kier alpha value is -3.33. The number of nitrogens with one attached hydrogen (secondary N) is 1. The van der Waals surface area contributed by atoms with E-state index in [-0.39, 0.29) is 23.7 Å². The van der Waals surface area contributed by atoms with E-state index < -0.39 is 0 Å². The van der Waals surface area contributed by atoms with Crippen LogP contribution in [0.2, 0.25) is 0 Å². The van der Waals surface area contributed by atoms with E-state index in [2.05, 4.69) is 15.4 Å². The van der Waals surface area contributed by atoms with E-state index >= 15 is 0 Å². The average Bonchev–Trinajstić information content (AvgIpc) is 3.29. The molecule has 0 spiro atoms. The van der Waals surface area contributed by atoms with Crippen LogP contribution in [-0.4, -0.2) is 31.6 Å². The van der Waals surface area contributed by atoms with Crippen molar-refractivity contribution in [1.29, 1.82) is 0 Å². The minimum Gasteiger partial charge on any atom is -0.356 e. The third-order valence-electron chi connectivity index (χ3n) is 4.42. The van der Waals surface area contributed by atoms with Crippen molar-refractivity contribution in [2.75, 3.05) is 6.54 Å². The molecule has 0 bridgehead atoms. The summed E-state index contributed by atoms with van der Waals surface area (Å²) in [6, 6.07) is 9.22. The van der Waals surface area contributed by atoms with Gasteiger partial charge in [0.25, 0.3) is 5.56 Å². The molecule has 0 aliphatic carbocycles. The number of hydrogen-bond acceptors (Lipinski definition) is 5. The normalized spacial score (nSPS) is 11.1. The lowest BCUT2D eigenvalue weighted by Crippen LogP contribution is -2.29. The fourth-order valence-electron chi connectivity index (χ4n) is 2.96. The first kappa shape index (κ1) is 19.0. The number of amides is 1. The second kappa shape index (κ2) is 8.36. The van der Waals surface area contributed by atoms with Crippen LogP contribution in [0.15, 0.2) is 59.0 Å². The minimum atomic E-state index is -0.292. The minimum absolute atomic E-state index is 0.102. The molecule has 1 N–H and O–H groups in total. The molecule has 1 amide bonds. The lowest BCUT2D eigenvalue weighted by atomic mass is 10.2. The molecule has 0 saturated carbocycles. The summed E-state index contributed by atoms with van der Waals surface area (Å²) in [6.07, 6.45) is 4.26. The highest BCUT2D eigenvalue weighted by Gasteiger charge is 2.12. The summed E-state index contributed by atoms with van der Waals surface area (Å²) < 4.78 is 16.4. The van der Waals surface area contributed by atoms with E-state index in [0.717, 1.165) is 21.9 Å². The summed E-state index contributed by atoms with van der Waals surface area (Å²) >= 11 is 1.45. The first-order chi connectivity index (χ1) is 14.1. The fraction of sp³-hybridized carbons (Fsp3) is 0.200. The van der Waals surface area contributed by atoms with Crippen molar-refractivity contribution in [3.05, 3.63) is 76.0 Å². The number of benzene rings is 1. The summed E-state index contributed by atoms with van der Waals surface area (Å²) in [5.41, 5.74) is 2.24. The smallest absolute Gasteiger partial charge is 0.266 e. The molecule has 0 aliphatic rings. The highest BCUT2D eigenvalue weighted by Crippen LogP contribution is 2.24. The number of rotatable bonds is 7. The van der Waals surface area contributed by atoms with E-state index in [1.807, 2.05) is 16.0 Å². The number of imidazole rings is 1. The molecule has 29 heavy (non-hydrogen) atoms. The molecule has 0 radical (unpaired) electrons. The number of nitrogens with zero attached hydrogens (tertiary/aromatic N) is 4. The second-order valence-corrected chi connectivity index (χ2v) is 7.31. The van der Waals surface area contributed by atoms with Crippen LogP contribution in [-0.2, 0) is 17.8 Å². The number of aromatic nitrogens is 4. The predicted octanol–water partition coefficient (Wildman–Crippen LogP) is 2.51. The second-order valence-electron chi connectivity index (χ2n) is 6.48. The van der Waals surface area contributed by atoms with Crippen LogP contribution in [0.25, 0.3) is 16.2 Å². The third kappa shape index (κ3) is 4.40. The van der Waals surface area contributed by atoms with E-state index in [1.54, 1.807) is 24.4 Å². The zero-order valence-electron chi connectivity index (χ0n) is 15.4. The predicted molar refractivity (Wildman–Crippen MR) is 108 cm³/mol. The van der Waals surface area contributed by atoms with E-state index in [4.69, 9.17) is 0 Å². The maximum atomic E-state index is 13.1. The Labute approximate surface area is 169 Å². The lowest BCUT2D eigenvalue weighted by Gasteiger charge is -2.06. The quantitative estimate of drug-likeness (QED) is 0.474. The molecule has 0 aliphatic heterocycles. The van der Waals surface area contributed by atoms with Crippen LogP contribution >= 0.6 is 11.3 Å². The van der Waals surface area contributed by atoms with Crippen molar-refractivity contribution in [3.63, 3.8) is 0 Å². The van der Waals surface area contributed by atoms with Gasteiger partial charge in [0.2, 0.25) is 5.91 Å². The van der Waals surface area contributed by atoms with Gasteiger partial charge >= 0.3 is 0 Å². The first-order valence-electron chi connectivity index (χ1n) is 9.10. The van der Waals surface area contributed by atoms with Crippen LogP contribution < -0.4 is 10.9 Å². The molecule has 3 heterocycles. The van der Waals surface area contributed by atoms with Crippen LogP contribution in [0.1, 0.15) is 12.1 Å². The highest BCUT2D eigenvalue weighted by atomic mass is 32.1. The van der Waals surface area contributed by atoms with Gasteiger partial charge in [-0.25, -0.2) is 14.1 Å². The third-order valence-corrected chi connectivity index (χ3v) is 5.31. The fourth-order valence-corrected chi connectivity index (χ4v) is 3.83. The van der Waals surface area contributed by atoms with E-state index in [0.29, 0.717) is 19.5 Å². The monoisotopic (exact) mass is 411 g/mol. The number of aryl methyl sites for hydroxylation is 1. The summed E-state index contributed by atoms with van der Waals surface area (Å²) in [5, 5.41) is 8.76. The van der Waals surface area contributed by atoms with E-state index in [9.17, 15) is 14.0 Å². The number of fused-ring (bicyclic) bond motifs is 1. The summed E-state index contributed by atoms with van der Waals surface area (Å²) in [5.74, 6) is -0.393. The Kier molecular flexibility index (Phi) is 5.48. The van der Waals surface area contributed by atoms with Gasteiger partial charge in [-0.3, -0.25) is 14.0 Å². The van der Waals surface area contributed by atoms with Gasteiger partial charge in [0.1, 0.15) is 5.82 Å². The number of carbonyl (C=O) groups excluding carboxylic acids is 1. The maximum Gasteiger partial charge on any atom is 0.266 e. The van der Waals surface area contributed by atoms with Crippen molar-refractivity contribution in [2.45, 2.75) is 19.4 Å². The van der Waals surface area contributed by atoms with Gasteiger partial charge in [-0.2, -0.15) is 5.10 Å². The van der Waals surface area contributed by atoms with Gasteiger partial charge < -0.3 is 5.32 Å². The first-order valence-corrected chi connectivity index (χ1v) is 9.98. The van der Waals surface area contributed by atoms with Crippen LogP contribution in [0.5, 0.6) is 0 Å². The highest BCUT2D eigenvalue weighted by molar-refractivity contribution is 7.15. The zero-order chi connectivity index (χ0) is 20.2. The SMILES string of the molecule is O=C(Cc1csc2nc(-c3ccc(F)cc3)cn12)NCCCn1ncccc1=O. The van der Waals surface area contributed by atoms with Crippen molar-refractivity contribution in [2.24, 2.45) is 0 Å². The Morgan fingerprint density at radius 2 is 2.03 bits per heavy atom. The van der Waals surface area contributed by atoms with Crippen LogP contribution in [0.3, 0.4) is 0 Å². The Morgan fingerprint density at radius 1 is 1.21 bits per heavy atom. The Bertz CT molecular complexity index is 1200. The van der Waals surface area contributed by atoms with Gasteiger partial charge in [0, 0.05) is 48.2 Å². The molecule has 0 atom stereocenters. The molecule has 9 heteroatoms. The van der Waals surface area contributed by atoms with E-state index in [1.165, 1.54) is 34.2 Å². The molecule has 0 fully saturated rings. The molecule has 4 rings (SSSR count). The summed E-state index contributed by atoms with van der Waals surface area (Å²) in [4.78, 5) is 29.2. The molecular formula is C20H18FN5O2S. The molecule has 0 saturated heterocycles. The topological polar surface area (TPSA) is 81.3 Å². The molecule has 1 aromatic carbocycles. The van der Waals surface area contributed by atoms with Crippen molar-refractivity contribution in [1.82, 2.24) is 24.5 Å². The summed E-state index contributed by atoms with van der Waals surface area (Å²) in [7, 11) is 0. The van der Waals surface area contributed by atoms with Crippen LogP contribution in [0, 0.1) is 5.82 Å². The molecule has 148 valence electrons. The zero-order valence-corrected chi connectivity index (χ0v) is 16.2. The van der Waals surface area contributed by atoms with Crippen molar-refractivity contribution >= 4 is 22.2 Å². The number of thiazole rings is 1. The van der Waals surface area contributed by atoms with Gasteiger partial charge in [0.15, 0.2) is 4.96 Å². The van der Waals surface area contributed by atoms with Gasteiger partial charge in [-0.15, -0.1) is 11.3 Å². The van der Waals surface area contributed by atoms with Crippen LogP contribution in [0.4, 0.5) is 4.39 Å². The number of halogens is 1. The molecular weight excluding hydrogens is 393 g/mol. The van der Waals surface area contributed by atoms with Gasteiger partial charge in [-0.05, 0) is 36.8 Å². The maximum absolute atomic E-state index is 13.1. The molecule has 0 unspecified atom stereocenters. The van der Waals surface area contributed by atoms with Gasteiger partial charge in [0.05, 0.1) is 12.1 Å². The van der Waals surface area contributed by atoms with Gasteiger partial charge in [-0.1, -0.05) is 0 Å². The number of carbonyl (C=O) groups is 1. The van der Waals surface area contributed by atoms with Crippen molar-refractivity contribution in [3.8, 4) is 11.3 Å².